The van der Waals surface area contributed by atoms with Crippen molar-refractivity contribution in [2.24, 2.45) is 5.10 Å². The Morgan fingerprint density at radius 3 is 2.16 bits per heavy atom. The molecule has 0 aliphatic rings. The molecule has 1 heterocycles. The largest absolute Gasteiger partial charge is 0.440 e. The number of rotatable bonds is 8. The van der Waals surface area contributed by atoms with Crippen LogP contribution < -0.4 is 15.5 Å². The number of non-ortho nitro benzene ring substituents is 1. The Morgan fingerprint density at radius 1 is 0.973 bits per heavy atom. The average Bonchev–Trinajstić information content (AvgIpc) is 2.78. The molecule has 0 fully saturated rings. The highest BCUT2D eigenvalue weighted by atomic mass is 35.5. The number of hydrogen-bond acceptors (Lipinski definition) is 9. The molecule has 0 spiro atoms. The second-order valence-electron chi connectivity index (χ2n) is 6.81. The molecule has 0 aliphatic heterocycles. The molecule has 3 aromatic rings. The zero-order valence-electron chi connectivity index (χ0n) is 17.7. The topological polar surface area (TPSA) is 127 Å². The van der Waals surface area contributed by atoms with Gasteiger partial charge in [0.05, 0.1) is 16.2 Å². The van der Waals surface area contributed by atoms with E-state index < -0.39 is 41.3 Å². The Morgan fingerprint density at radius 2 is 1.59 bits per heavy atom. The minimum Gasteiger partial charge on any atom is -0.440 e. The number of nitrogens with one attached hydrogen (secondary N) is 2. The molecule has 2 N–H and O–H groups in total. The average molecular weight is 570 g/mol. The van der Waals surface area contributed by atoms with Crippen molar-refractivity contribution in [2.45, 2.75) is 18.5 Å². The van der Waals surface area contributed by atoms with Gasteiger partial charge >= 0.3 is 18.4 Å². The number of nitrogens with zero attached hydrogens (tertiary/aromatic N) is 5. The van der Waals surface area contributed by atoms with E-state index in [1.54, 1.807) is 0 Å². The fraction of sp³-hybridized carbons (Fsp3) is 0.158. The summed E-state index contributed by atoms with van der Waals surface area (Å²) in [6, 6.07) is 7.60. The first kappa shape index (κ1) is 27.7. The number of nitro benzene ring substituents is 1. The van der Waals surface area contributed by atoms with E-state index >= 15 is 0 Å². The molecule has 0 saturated heterocycles. The number of anilines is 3. The van der Waals surface area contributed by atoms with E-state index in [0.717, 1.165) is 18.3 Å². The fourth-order valence-corrected chi connectivity index (χ4v) is 2.96. The Bertz CT molecular complexity index is 1290. The summed E-state index contributed by atoms with van der Waals surface area (Å²) in [6.07, 6.45) is -14.8. The van der Waals surface area contributed by atoms with Crippen molar-refractivity contribution in [3.8, 4) is 6.01 Å². The van der Waals surface area contributed by atoms with Crippen molar-refractivity contribution < 1.29 is 36.0 Å². The number of hydrazone groups is 1. The van der Waals surface area contributed by atoms with Crippen LogP contribution in [-0.2, 0) is 0 Å². The number of halogens is 8. The first-order valence-corrected chi connectivity index (χ1v) is 10.3. The Kier molecular flexibility index (Phi) is 8.22. The maximum absolute atomic E-state index is 13.0. The van der Waals surface area contributed by atoms with E-state index in [1.807, 2.05) is 0 Å². The molecule has 2 aromatic carbocycles. The second-order valence-corrected chi connectivity index (χ2v) is 7.65. The third-order valence-corrected chi connectivity index (χ3v) is 4.66. The van der Waals surface area contributed by atoms with E-state index in [2.05, 4.69) is 35.5 Å². The van der Waals surface area contributed by atoms with Crippen molar-refractivity contribution >= 4 is 52.7 Å². The highest BCUT2D eigenvalue weighted by molar-refractivity contribution is 6.36. The van der Waals surface area contributed by atoms with Crippen LogP contribution in [0.2, 0.25) is 10.0 Å². The van der Waals surface area contributed by atoms with Crippen molar-refractivity contribution in [1.82, 2.24) is 15.0 Å². The van der Waals surface area contributed by atoms with E-state index in [4.69, 9.17) is 23.2 Å². The van der Waals surface area contributed by atoms with Gasteiger partial charge in [0.1, 0.15) is 0 Å². The minimum absolute atomic E-state index is 0.105. The Balaban J connectivity index is 1.93. The van der Waals surface area contributed by atoms with E-state index in [0.29, 0.717) is 10.6 Å². The van der Waals surface area contributed by atoms with Gasteiger partial charge in [0.15, 0.2) is 0 Å². The number of aromatic nitrogens is 3. The van der Waals surface area contributed by atoms with E-state index in [1.165, 1.54) is 30.3 Å². The lowest BCUT2D eigenvalue weighted by atomic mass is 10.2. The van der Waals surface area contributed by atoms with Crippen LogP contribution in [0.5, 0.6) is 6.01 Å². The van der Waals surface area contributed by atoms with Gasteiger partial charge in [-0.25, -0.2) is 5.43 Å². The van der Waals surface area contributed by atoms with Gasteiger partial charge in [-0.15, -0.1) is 0 Å². The van der Waals surface area contributed by atoms with Crippen LogP contribution >= 0.6 is 23.2 Å². The van der Waals surface area contributed by atoms with Crippen molar-refractivity contribution in [3.63, 3.8) is 0 Å². The quantitative estimate of drug-likeness (QED) is 0.143. The maximum atomic E-state index is 13.0. The highest BCUT2D eigenvalue weighted by Crippen LogP contribution is 2.36. The van der Waals surface area contributed by atoms with E-state index in [9.17, 15) is 36.5 Å². The summed E-state index contributed by atoms with van der Waals surface area (Å²) >= 11 is 11.8. The molecule has 0 saturated carbocycles. The van der Waals surface area contributed by atoms with Crippen LogP contribution in [0.15, 0.2) is 47.6 Å². The molecule has 0 aliphatic carbocycles. The molecule has 0 radical (unpaired) electrons. The van der Waals surface area contributed by atoms with Gasteiger partial charge in [0.25, 0.3) is 17.7 Å². The summed E-state index contributed by atoms with van der Waals surface area (Å²) in [5.74, 6) is -1.18. The van der Waals surface area contributed by atoms with Crippen molar-refractivity contribution in [1.29, 1.82) is 0 Å². The monoisotopic (exact) mass is 569 g/mol. The summed E-state index contributed by atoms with van der Waals surface area (Å²) in [5, 5.41) is 17.5. The lowest BCUT2D eigenvalue weighted by molar-refractivity contribution is -0.384. The number of hydrogen-bond donors (Lipinski definition) is 2. The number of alkyl halides is 6. The molecule has 3 rings (SSSR count). The molecule has 196 valence electrons. The molecule has 0 amide bonds. The molecule has 0 atom stereocenters. The van der Waals surface area contributed by atoms with Crippen molar-refractivity contribution in [2.75, 3.05) is 10.7 Å². The molecule has 18 heteroatoms. The molecular weight excluding hydrogens is 559 g/mol. The molecule has 0 bridgehead atoms. The molecular formula is C19H11Cl2F6N7O3. The zero-order valence-corrected chi connectivity index (χ0v) is 19.2. The summed E-state index contributed by atoms with van der Waals surface area (Å²) in [4.78, 5) is 20.7. The second kappa shape index (κ2) is 11.0. The van der Waals surface area contributed by atoms with Crippen molar-refractivity contribution in [3.05, 3.63) is 68.2 Å². The van der Waals surface area contributed by atoms with Gasteiger partial charge in [0, 0.05) is 28.4 Å². The number of benzene rings is 2. The highest BCUT2D eigenvalue weighted by Gasteiger charge is 2.59. The van der Waals surface area contributed by atoms with Crippen LogP contribution in [0, 0.1) is 10.1 Å². The number of nitro groups is 1. The van der Waals surface area contributed by atoms with Gasteiger partial charge in [-0.2, -0.15) is 46.4 Å². The lowest BCUT2D eigenvalue weighted by Crippen LogP contribution is -2.46. The first-order chi connectivity index (χ1) is 17.2. The summed E-state index contributed by atoms with van der Waals surface area (Å²) in [7, 11) is 0. The van der Waals surface area contributed by atoms with Gasteiger partial charge in [-0.05, 0) is 24.3 Å². The zero-order chi connectivity index (χ0) is 27.4. The fourth-order valence-electron chi connectivity index (χ4n) is 2.50. The normalized spacial score (nSPS) is 12.1. The third-order valence-electron chi connectivity index (χ3n) is 4.10. The smallest absolute Gasteiger partial charge is 0.434 e. The van der Waals surface area contributed by atoms with Gasteiger partial charge < -0.3 is 10.1 Å². The molecule has 0 unspecified atom stereocenters. The lowest BCUT2D eigenvalue weighted by Gasteiger charge is -2.22. The third kappa shape index (κ3) is 7.78. The van der Waals surface area contributed by atoms with Crippen LogP contribution in [0.25, 0.3) is 0 Å². The summed E-state index contributed by atoms with van der Waals surface area (Å²) < 4.78 is 81.8. The molecule has 10 nitrogen and oxygen atoms in total. The first-order valence-electron chi connectivity index (χ1n) is 9.54. The maximum Gasteiger partial charge on any atom is 0.434 e. The molecule has 1 aromatic heterocycles. The van der Waals surface area contributed by atoms with Gasteiger partial charge in [-0.1, -0.05) is 29.3 Å². The predicted molar refractivity (Wildman–Crippen MR) is 120 cm³/mol. The summed E-state index contributed by atoms with van der Waals surface area (Å²) in [5.41, 5.74) is 2.40. The van der Waals surface area contributed by atoms with Crippen LogP contribution in [0.4, 0.5) is 49.6 Å². The molecule has 37 heavy (non-hydrogen) atoms. The predicted octanol–water partition coefficient (Wildman–Crippen LogP) is 6.15. The number of ether oxygens (including phenoxy) is 1. The van der Waals surface area contributed by atoms with Gasteiger partial charge in [0.2, 0.25) is 5.95 Å². The minimum atomic E-state index is -5.84. The van der Waals surface area contributed by atoms with Crippen LogP contribution in [-0.4, -0.2) is 44.5 Å². The van der Waals surface area contributed by atoms with Gasteiger partial charge in [-0.3, -0.25) is 10.1 Å². The Labute approximate surface area is 212 Å². The SMILES string of the molecule is O=[N+]([O-])c1ccc(Nc2nc(NN=Cc3ccc(Cl)cc3Cl)nc(OC(C(F)(F)F)C(F)(F)F)n2)cc1. The van der Waals surface area contributed by atoms with E-state index in [-0.39, 0.29) is 16.4 Å². The van der Waals surface area contributed by atoms with Crippen LogP contribution in [0.1, 0.15) is 5.56 Å². The Hall–Kier alpha value is -3.92. The summed E-state index contributed by atoms with van der Waals surface area (Å²) in [6.45, 7) is 0. The van der Waals surface area contributed by atoms with Crippen LogP contribution in [0.3, 0.4) is 0 Å². The standard InChI is InChI=1S/C19H11Cl2F6N7O3/c20-10-2-1-9(13(21)7-10)8-28-33-16-30-15(29-11-3-5-12(6-4-11)34(35)36)31-17(32-16)37-14(18(22,23)24)19(25,26)27/h1-8,14H,(H2,29,30,31,32,33).